The summed E-state index contributed by atoms with van der Waals surface area (Å²) in [7, 11) is 2.48. The van der Waals surface area contributed by atoms with E-state index < -0.39 is 5.60 Å². The van der Waals surface area contributed by atoms with E-state index in [2.05, 4.69) is 22.2 Å². The smallest absolute Gasteiger partial charge is 0.407 e. The van der Waals surface area contributed by atoms with Crippen molar-refractivity contribution in [3.8, 4) is 0 Å². The van der Waals surface area contributed by atoms with Gasteiger partial charge in [-0.1, -0.05) is 0 Å². The minimum Gasteiger partial charge on any atom is -0.444 e. The molecule has 4 aliphatic rings. The Kier molecular flexibility index (Phi) is 4.50. The second kappa shape index (κ2) is 6.33. The average Bonchev–Trinajstić information content (AvgIpc) is 3.08. The average molecular weight is 368 g/mol. The van der Waals surface area contributed by atoms with Gasteiger partial charge in [0.1, 0.15) is 5.60 Å². The van der Waals surface area contributed by atoms with Gasteiger partial charge in [-0.05, 0) is 20.8 Å². The normalized spacial score (nSPS) is 39.7. The Labute approximate surface area is 158 Å². The molecule has 0 aromatic rings. The van der Waals surface area contributed by atoms with Crippen LogP contribution in [0.5, 0.6) is 0 Å². The third-order valence-corrected chi connectivity index (χ3v) is 7.12. The van der Waals surface area contributed by atoms with Crippen LogP contribution < -0.4 is 5.32 Å². The van der Waals surface area contributed by atoms with Crippen LogP contribution in [0.1, 0.15) is 27.2 Å². The van der Waals surface area contributed by atoms with Gasteiger partial charge >= 0.3 is 6.09 Å². The van der Waals surface area contributed by atoms with Crippen molar-refractivity contribution in [1.82, 2.24) is 15.1 Å². The molecule has 0 aromatic heterocycles. The number of nitrogens with zero attached hydrogens (tertiary/aromatic N) is 4. The molecule has 4 rings (SSSR count). The van der Waals surface area contributed by atoms with Gasteiger partial charge in [-0.15, -0.1) is 0 Å². The zero-order valence-electron chi connectivity index (χ0n) is 17.0. The van der Waals surface area contributed by atoms with Crippen LogP contribution in [0.25, 0.3) is 0 Å². The summed E-state index contributed by atoms with van der Waals surface area (Å²) in [4.78, 5) is 17.4. The maximum atomic E-state index is 11.9. The van der Waals surface area contributed by atoms with Gasteiger partial charge in [0.2, 0.25) is 12.3 Å². The van der Waals surface area contributed by atoms with Crippen LogP contribution in [0.2, 0.25) is 0 Å². The summed E-state index contributed by atoms with van der Waals surface area (Å²) in [6.07, 6.45) is 2.08. The van der Waals surface area contributed by atoms with Crippen LogP contribution in [-0.2, 0) is 4.74 Å². The van der Waals surface area contributed by atoms with E-state index in [1.807, 2.05) is 20.8 Å². The summed E-state index contributed by atoms with van der Waals surface area (Å²) in [6.45, 7) is 17.8. The summed E-state index contributed by atoms with van der Waals surface area (Å²) < 4.78 is 7.84. The number of alkyl carbamates (subject to hydrolysis) is 1. The predicted octanol–water partition coefficient (Wildman–Crippen LogP) is 0.475. The van der Waals surface area contributed by atoms with E-state index in [1.54, 1.807) is 0 Å². The number of carbonyl (C=O) groups is 1. The molecule has 7 heteroatoms. The number of likely N-dealkylation sites (N-methyl/N-ethyl adjacent to an activating group) is 1. The number of quaternary nitrogens is 2. The largest absolute Gasteiger partial charge is 0.444 e. The molecular formula is C19H37N5O2+2. The molecule has 0 saturated carbocycles. The maximum Gasteiger partial charge on any atom is 0.407 e. The minimum absolute atomic E-state index is 0.289. The molecule has 148 valence electrons. The van der Waals surface area contributed by atoms with Gasteiger partial charge in [0.15, 0.2) is 0 Å². The highest BCUT2D eigenvalue weighted by atomic mass is 16.6. The Morgan fingerprint density at radius 3 is 2.23 bits per heavy atom. The van der Waals surface area contributed by atoms with E-state index in [9.17, 15) is 4.79 Å². The summed E-state index contributed by atoms with van der Waals surface area (Å²) in [5.41, 5.74) is -0.426. The van der Waals surface area contributed by atoms with Crippen LogP contribution >= 0.6 is 0 Å². The third-order valence-electron chi connectivity index (χ3n) is 7.12. The zero-order chi connectivity index (χ0) is 18.6. The van der Waals surface area contributed by atoms with Gasteiger partial charge in [0, 0.05) is 13.0 Å². The van der Waals surface area contributed by atoms with Crippen molar-refractivity contribution >= 4 is 6.09 Å². The fourth-order valence-corrected chi connectivity index (χ4v) is 5.85. The van der Waals surface area contributed by atoms with E-state index in [4.69, 9.17) is 4.74 Å². The monoisotopic (exact) mass is 367 g/mol. The minimum atomic E-state index is -0.426. The summed E-state index contributed by atoms with van der Waals surface area (Å²) in [6, 6.07) is 0. The van der Waals surface area contributed by atoms with Crippen molar-refractivity contribution < 1.29 is 18.5 Å². The fourth-order valence-electron chi connectivity index (χ4n) is 5.85. The molecule has 0 bridgehead atoms. The van der Waals surface area contributed by atoms with Crippen LogP contribution in [0.4, 0.5) is 4.79 Å². The Morgan fingerprint density at radius 1 is 1.04 bits per heavy atom. The molecular weight excluding hydrogens is 330 g/mol. The molecule has 0 aliphatic carbocycles. The quantitative estimate of drug-likeness (QED) is 0.580. The van der Waals surface area contributed by atoms with Crippen molar-refractivity contribution in [2.24, 2.45) is 0 Å². The van der Waals surface area contributed by atoms with Crippen LogP contribution in [-0.4, -0.2) is 115 Å². The van der Waals surface area contributed by atoms with Crippen molar-refractivity contribution in [3.05, 3.63) is 0 Å². The second-order valence-corrected chi connectivity index (χ2v) is 10.00. The van der Waals surface area contributed by atoms with Crippen molar-refractivity contribution in [2.45, 2.75) is 45.1 Å². The molecule has 0 aromatic carbocycles. The number of ether oxygens (including phenoxy) is 1. The molecule has 4 unspecified atom stereocenters. The number of nitrogens with one attached hydrogen (secondary N) is 1. The fraction of sp³-hybridized carbons (Fsp3) is 0.947. The number of piperazine rings is 2. The summed E-state index contributed by atoms with van der Waals surface area (Å²) in [5.74, 6) is 0. The molecule has 4 atom stereocenters. The lowest BCUT2D eigenvalue weighted by Crippen LogP contribution is -2.77. The van der Waals surface area contributed by atoms with E-state index in [-0.39, 0.29) is 6.09 Å². The standard InChI is InChI=1S/C19H36N5O2/c1-19(2,3)26-18(25)20-6-5-11-24-14-9-21-7-12-23(4)13-8-22(10-15-24)17(24)16(21)23/h16-17H,5-15H2,1-4H3/q+1/p+1. The van der Waals surface area contributed by atoms with Gasteiger partial charge in [0.05, 0.1) is 66.0 Å². The lowest BCUT2D eigenvalue weighted by atomic mass is 10.1. The SMILES string of the molecule is CC(C)(C)OC(=O)NCCC[N+]12CCN3CC[N+]4(C)CCN(CC1)C2C34. The molecule has 0 radical (unpaired) electrons. The molecule has 4 aliphatic heterocycles. The lowest BCUT2D eigenvalue weighted by molar-refractivity contribution is -1.02. The van der Waals surface area contributed by atoms with Gasteiger partial charge in [-0.3, -0.25) is 0 Å². The van der Waals surface area contributed by atoms with E-state index in [0.717, 1.165) is 6.42 Å². The number of amides is 1. The Balaban J connectivity index is 1.37. The second-order valence-electron chi connectivity index (χ2n) is 10.00. The first-order valence-electron chi connectivity index (χ1n) is 10.4. The first-order valence-corrected chi connectivity index (χ1v) is 10.4. The number of carbonyl (C=O) groups excluding carboxylic acids is 1. The molecule has 4 saturated heterocycles. The van der Waals surface area contributed by atoms with Gasteiger partial charge < -0.3 is 19.0 Å². The van der Waals surface area contributed by atoms with E-state index in [1.165, 1.54) is 67.9 Å². The van der Waals surface area contributed by atoms with E-state index >= 15 is 0 Å². The maximum absolute atomic E-state index is 11.9. The lowest BCUT2D eigenvalue weighted by Gasteiger charge is -2.55. The van der Waals surface area contributed by atoms with Gasteiger partial charge in [0.25, 0.3) is 0 Å². The molecule has 1 amide bonds. The molecule has 0 spiro atoms. The third kappa shape index (κ3) is 3.13. The molecule has 4 heterocycles. The highest BCUT2D eigenvalue weighted by Gasteiger charge is 2.65. The first-order chi connectivity index (χ1) is 12.2. The van der Waals surface area contributed by atoms with Crippen molar-refractivity contribution in [2.75, 3.05) is 72.5 Å². The molecule has 7 nitrogen and oxygen atoms in total. The Hall–Kier alpha value is -0.890. The van der Waals surface area contributed by atoms with Crippen molar-refractivity contribution in [3.63, 3.8) is 0 Å². The Bertz CT molecular complexity index is 565. The predicted molar refractivity (Wildman–Crippen MR) is 100 cm³/mol. The van der Waals surface area contributed by atoms with Crippen molar-refractivity contribution in [1.29, 1.82) is 0 Å². The number of hydrogen-bond acceptors (Lipinski definition) is 4. The molecule has 4 fully saturated rings. The number of hydrogen-bond donors (Lipinski definition) is 1. The highest BCUT2D eigenvalue weighted by molar-refractivity contribution is 5.67. The topological polar surface area (TPSA) is 44.8 Å². The number of rotatable bonds is 4. The van der Waals surface area contributed by atoms with Crippen LogP contribution in [0.15, 0.2) is 0 Å². The molecule has 1 N–H and O–H groups in total. The van der Waals surface area contributed by atoms with Gasteiger partial charge in [-0.2, -0.15) is 0 Å². The Morgan fingerprint density at radius 2 is 1.62 bits per heavy atom. The summed E-state index contributed by atoms with van der Waals surface area (Å²) >= 11 is 0. The zero-order valence-corrected chi connectivity index (χ0v) is 17.0. The first kappa shape index (κ1) is 18.5. The highest BCUT2D eigenvalue weighted by Crippen LogP contribution is 2.41. The summed E-state index contributed by atoms with van der Waals surface area (Å²) in [5, 5.41) is 2.94. The van der Waals surface area contributed by atoms with Crippen LogP contribution in [0.3, 0.4) is 0 Å². The van der Waals surface area contributed by atoms with E-state index in [0.29, 0.717) is 18.9 Å². The van der Waals surface area contributed by atoms with Crippen LogP contribution in [0, 0.1) is 0 Å². The molecule has 26 heavy (non-hydrogen) atoms. The van der Waals surface area contributed by atoms with Gasteiger partial charge in [-0.25, -0.2) is 14.6 Å².